The van der Waals surface area contributed by atoms with Crippen LogP contribution in [-0.2, 0) is 9.53 Å². The Morgan fingerprint density at radius 3 is 2.50 bits per heavy atom. The van der Waals surface area contributed by atoms with Crippen molar-refractivity contribution >= 4 is 5.97 Å². The van der Waals surface area contributed by atoms with Gasteiger partial charge in [-0.25, -0.2) is 4.79 Å². The minimum Gasteiger partial charge on any atom is -0.459 e. The van der Waals surface area contributed by atoms with Crippen LogP contribution in [0.5, 0.6) is 0 Å². The highest BCUT2D eigenvalue weighted by atomic mass is 16.5. The van der Waals surface area contributed by atoms with Gasteiger partial charge in [0, 0.05) is 12.0 Å². The first-order valence-electron chi connectivity index (χ1n) is 3.81. The molecular weight excluding hydrogens is 156 g/mol. The second-order valence-corrected chi connectivity index (χ2v) is 2.89. The van der Waals surface area contributed by atoms with Crippen LogP contribution in [-0.4, -0.2) is 23.3 Å². The average molecular weight is 171 g/mol. The summed E-state index contributed by atoms with van der Waals surface area (Å²) < 4.78 is 4.81. The van der Waals surface area contributed by atoms with Crippen LogP contribution in [0.4, 0.5) is 0 Å². The summed E-state index contributed by atoms with van der Waals surface area (Å²) in [5.74, 6) is -0.462. The van der Waals surface area contributed by atoms with Crippen LogP contribution in [0.1, 0.15) is 20.3 Å². The van der Waals surface area contributed by atoms with Gasteiger partial charge in [0.15, 0.2) is 0 Å². The smallest absolute Gasteiger partial charge is 0.333 e. The lowest BCUT2D eigenvalue weighted by molar-refractivity contribution is -0.143. The molecule has 0 aliphatic heterocycles. The van der Waals surface area contributed by atoms with E-state index >= 15 is 0 Å². The fraction of sp³-hybridized carbons (Fsp3) is 0.556. The van der Waals surface area contributed by atoms with Crippen LogP contribution in [0.2, 0.25) is 0 Å². The Hall–Kier alpha value is -0.830. The minimum absolute atomic E-state index is 0.342. The van der Waals surface area contributed by atoms with Gasteiger partial charge < -0.3 is 9.84 Å². The Balaban J connectivity index is 3.76. The predicted molar refractivity (Wildman–Crippen MR) is 46.3 cm³/mol. The fourth-order valence-electron chi connectivity index (χ4n) is 0.681. The maximum Gasteiger partial charge on any atom is 0.333 e. The summed E-state index contributed by atoms with van der Waals surface area (Å²) in [7, 11) is 0. The molecule has 0 rings (SSSR count). The van der Waals surface area contributed by atoms with Gasteiger partial charge in [-0.3, -0.25) is 0 Å². The maximum absolute atomic E-state index is 10.9. The van der Waals surface area contributed by atoms with Crippen LogP contribution in [0, 0.1) is 6.92 Å². The molecule has 2 unspecified atom stereocenters. The minimum atomic E-state index is -0.509. The molecular formula is C9H15O3. The molecule has 3 heteroatoms. The fourth-order valence-corrected chi connectivity index (χ4v) is 0.681. The van der Waals surface area contributed by atoms with Crippen molar-refractivity contribution in [3.05, 3.63) is 19.1 Å². The average Bonchev–Trinajstić information content (AvgIpc) is 1.84. The van der Waals surface area contributed by atoms with E-state index in [0.717, 1.165) is 0 Å². The van der Waals surface area contributed by atoms with E-state index in [2.05, 4.69) is 13.5 Å². The van der Waals surface area contributed by atoms with Crippen molar-refractivity contribution in [1.82, 2.24) is 0 Å². The maximum atomic E-state index is 10.9. The Labute approximate surface area is 73.0 Å². The highest BCUT2D eigenvalue weighted by Crippen LogP contribution is 2.04. The second-order valence-electron chi connectivity index (χ2n) is 2.89. The third-order valence-corrected chi connectivity index (χ3v) is 1.23. The van der Waals surface area contributed by atoms with E-state index in [-0.39, 0.29) is 0 Å². The van der Waals surface area contributed by atoms with E-state index in [9.17, 15) is 4.79 Å². The Bertz CT molecular complexity index is 173. The van der Waals surface area contributed by atoms with Crippen molar-refractivity contribution < 1.29 is 14.6 Å². The van der Waals surface area contributed by atoms with Crippen molar-refractivity contribution in [2.24, 2.45) is 0 Å². The molecule has 0 aromatic carbocycles. The van der Waals surface area contributed by atoms with Gasteiger partial charge in [0.1, 0.15) is 6.10 Å². The first-order chi connectivity index (χ1) is 5.43. The molecule has 3 nitrogen and oxygen atoms in total. The Kier molecular flexibility index (Phi) is 4.59. The van der Waals surface area contributed by atoms with Crippen molar-refractivity contribution in [3.8, 4) is 0 Å². The van der Waals surface area contributed by atoms with E-state index in [1.807, 2.05) is 0 Å². The molecule has 0 saturated heterocycles. The summed E-state index contributed by atoms with van der Waals surface area (Å²) in [6.45, 7) is 10.2. The van der Waals surface area contributed by atoms with Gasteiger partial charge >= 0.3 is 5.97 Å². The van der Waals surface area contributed by atoms with Crippen molar-refractivity contribution in [2.75, 3.05) is 0 Å². The SMILES string of the molecule is [CH2]C(CC(C)O)OC(=O)C(=C)C. The molecule has 0 aliphatic rings. The van der Waals surface area contributed by atoms with E-state index in [1.165, 1.54) is 0 Å². The summed E-state index contributed by atoms with van der Waals surface area (Å²) >= 11 is 0. The molecule has 0 fully saturated rings. The van der Waals surface area contributed by atoms with Crippen LogP contribution in [0.25, 0.3) is 0 Å². The zero-order chi connectivity index (χ0) is 9.72. The molecule has 0 heterocycles. The molecule has 0 aromatic heterocycles. The monoisotopic (exact) mass is 171 g/mol. The molecule has 0 bridgehead atoms. The number of rotatable bonds is 4. The first-order valence-corrected chi connectivity index (χ1v) is 3.81. The second kappa shape index (κ2) is 4.93. The quantitative estimate of drug-likeness (QED) is 0.508. The van der Waals surface area contributed by atoms with E-state index < -0.39 is 18.2 Å². The highest BCUT2D eigenvalue weighted by Gasteiger charge is 2.11. The van der Waals surface area contributed by atoms with Gasteiger partial charge in [-0.1, -0.05) is 6.58 Å². The van der Waals surface area contributed by atoms with E-state index in [0.29, 0.717) is 12.0 Å². The molecule has 0 saturated carbocycles. The van der Waals surface area contributed by atoms with Gasteiger partial charge in [0.05, 0.1) is 6.10 Å². The predicted octanol–water partition coefficient (Wildman–Crippen LogP) is 1.08. The van der Waals surface area contributed by atoms with Crippen molar-refractivity contribution in [2.45, 2.75) is 32.5 Å². The largest absolute Gasteiger partial charge is 0.459 e. The van der Waals surface area contributed by atoms with Gasteiger partial charge in [-0.2, -0.15) is 0 Å². The standard InChI is InChI=1S/C9H15O3/c1-6(2)9(11)12-8(4)5-7(3)10/h7-8,10H,1,4-5H2,2-3H3. The normalized spacial score (nSPS) is 15.0. The molecule has 0 amide bonds. The number of hydrogen-bond donors (Lipinski definition) is 1. The lowest BCUT2D eigenvalue weighted by Crippen LogP contribution is -2.20. The number of hydrogen-bond acceptors (Lipinski definition) is 3. The number of carbonyl (C=O) groups excluding carboxylic acids is 1. The zero-order valence-corrected chi connectivity index (χ0v) is 7.54. The van der Waals surface area contributed by atoms with Crippen LogP contribution in [0.3, 0.4) is 0 Å². The van der Waals surface area contributed by atoms with Crippen LogP contribution in [0.15, 0.2) is 12.2 Å². The van der Waals surface area contributed by atoms with Gasteiger partial charge in [-0.15, -0.1) is 0 Å². The number of carbonyl (C=O) groups is 1. The van der Waals surface area contributed by atoms with Crippen molar-refractivity contribution in [1.29, 1.82) is 0 Å². The van der Waals surface area contributed by atoms with Gasteiger partial charge in [0.25, 0.3) is 0 Å². The van der Waals surface area contributed by atoms with E-state index in [4.69, 9.17) is 9.84 Å². The molecule has 69 valence electrons. The number of aliphatic hydroxyl groups excluding tert-OH is 1. The summed E-state index contributed by atoms with van der Waals surface area (Å²) in [5, 5.41) is 8.92. The molecule has 1 N–H and O–H groups in total. The zero-order valence-electron chi connectivity index (χ0n) is 7.54. The van der Waals surface area contributed by atoms with Crippen molar-refractivity contribution in [3.63, 3.8) is 0 Å². The summed E-state index contributed by atoms with van der Waals surface area (Å²) in [6, 6.07) is 0. The lowest BCUT2D eigenvalue weighted by atomic mass is 10.2. The third kappa shape index (κ3) is 4.91. The highest BCUT2D eigenvalue weighted by molar-refractivity contribution is 5.87. The van der Waals surface area contributed by atoms with Gasteiger partial charge in [-0.05, 0) is 20.8 Å². The summed E-state index contributed by atoms with van der Waals surface area (Å²) in [6.07, 6.45) is -0.668. The lowest BCUT2D eigenvalue weighted by Gasteiger charge is -2.14. The summed E-state index contributed by atoms with van der Waals surface area (Å²) in [4.78, 5) is 10.9. The number of esters is 1. The van der Waals surface area contributed by atoms with Gasteiger partial charge in [0.2, 0.25) is 0 Å². The molecule has 12 heavy (non-hydrogen) atoms. The first kappa shape index (κ1) is 11.2. The molecule has 0 aromatic rings. The van der Waals surface area contributed by atoms with Crippen LogP contribution < -0.4 is 0 Å². The molecule has 0 spiro atoms. The van der Waals surface area contributed by atoms with E-state index in [1.54, 1.807) is 13.8 Å². The topological polar surface area (TPSA) is 46.5 Å². The third-order valence-electron chi connectivity index (χ3n) is 1.23. The number of aliphatic hydroxyl groups is 1. The Morgan fingerprint density at radius 1 is 1.67 bits per heavy atom. The molecule has 0 aliphatic carbocycles. The molecule has 2 atom stereocenters. The summed E-state index contributed by atoms with van der Waals surface area (Å²) in [5.41, 5.74) is 0.342. The number of ether oxygens (including phenoxy) is 1. The van der Waals surface area contributed by atoms with Crippen LogP contribution >= 0.6 is 0 Å². The molecule has 1 radical (unpaired) electrons. The Morgan fingerprint density at radius 2 is 2.17 bits per heavy atom.